The zero-order chi connectivity index (χ0) is 23.6. The van der Waals surface area contributed by atoms with Crippen LogP contribution in [0.2, 0.25) is 0 Å². The van der Waals surface area contributed by atoms with E-state index < -0.39 is 18.0 Å². The van der Waals surface area contributed by atoms with Crippen LogP contribution in [0.1, 0.15) is 12.5 Å². The molecule has 0 aliphatic carbocycles. The Hall–Kier alpha value is -4.17. The Kier molecular flexibility index (Phi) is 8.15. The van der Waals surface area contributed by atoms with E-state index in [1.807, 2.05) is 12.1 Å². The number of rotatable bonds is 8. The van der Waals surface area contributed by atoms with Gasteiger partial charge in [0, 0.05) is 17.1 Å². The Labute approximate surface area is 192 Å². The first kappa shape index (κ1) is 23.5. The van der Waals surface area contributed by atoms with Crippen molar-refractivity contribution in [3.8, 4) is 0 Å². The Morgan fingerprint density at radius 2 is 1.48 bits per heavy atom. The van der Waals surface area contributed by atoms with Crippen molar-refractivity contribution in [1.29, 1.82) is 0 Å². The van der Waals surface area contributed by atoms with Crippen LogP contribution < -0.4 is 20.9 Å². The van der Waals surface area contributed by atoms with Crippen molar-refractivity contribution in [3.05, 3.63) is 90.5 Å². The maximum atomic E-state index is 13.1. The summed E-state index contributed by atoms with van der Waals surface area (Å²) in [5, 5.41) is 17.2. The van der Waals surface area contributed by atoms with Gasteiger partial charge in [-0.2, -0.15) is 0 Å². The van der Waals surface area contributed by atoms with E-state index in [2.05, 4.69) is 16.0 Å². The van der Waals surface area contributed by atoms with Gasteiger partial charge in [-0.05, 0) is 48.9 Å². The molecule has 1 atom stereocenters. The molecule has 0 radical (unpaired) electrons. The number of amides is 4. The van der Waals surface area contributed by atoms with E-state index in [0.717, 1.165) is 0 Å². The minimum absolute atomic E-state index is 0.148. The van der Waals surface area contributed by atoms with Gasteiger partial charge in [0.1, 0.15) is 6.04 Å². The quantitative estimate of drug-likeness (QED) is 0.425. The Balaban J connectivity index is 1.68. The summed E-state index contributed by atoms with van der Waals surface area (Å²) in [6.07, 6.45) is 0. The summed E-state index contributed by atoms with van der Waals surface area (Å²) < 4.78 is 0. The average Bonchev–Trinajstić information content (AvgIpc) is 2.84. The highest BCUT2D eigenvalue weighted by Gasteiger charge is 2.27. The van der Waals surface area contributed by atoms with Gasteiger partial charge in [0.15, 0.2) is 0 Å². The topological polar surface area (TPSA) is 111 Å². The fraction of sp³-hybridized carbons (Fsp3) is 0.160. The molecule has 170 valence electrons. The van der Waals surface area contributed by atoms with Crippen LogP contribution in [0.5, 0.6) is 0 Å². The maximum Gasteiger partial charge on any atom is 0.319 e. The molecular formula is C25H26N4O4. The molecule has 1 unspecified atom stereocenters. The molecule has 3 aromatic rings. The molecule has 8 nitrogen and oxygen atoms in total. The largest absolute Gasteiger partial charge is 0.392 e. The van der Waals surface area contributed by atoms with Gasteiger partial charge in [-0.15, -0.1) is 0 Å². The molecule has 0 heterocycles. The summed E-state index contributed by atoms with van der Waals surface area (Å²) in [6.45, 7) is 1.16. The molecule has 3 rings (SSSR count). The zero-order valence-corrected chi connectivity index (χ0v) is 18.2. The van der Waals surface area contributed by atoms with E-state index in [1.165, 1.54) is 4.90 Å². The number of carbonyl (C=O) groups is 3. The molecule has 8 heteroatoms. The number of aliphatic hydroxyl groups is 1. The SMILES string of the molecule is CC(C(=O)Nc1ccccc1)N(C(=O)CNC(=O)Nc1cccc(CO)c1)c1ccccc1. The highest BCUT2D eigenvalue weighted by atomic mass is 16.3. The summed E-state index contributed by atoms with van der Waals surface area (Å²) in [4.78, 5) is 39.6. The number of carbonyl (C=O) groups excluding carboxylic acids is 3. The summed E-state index contributed by atoms with van der Waals surface area (Å²) >= 11 is 0. The van der Waals surface area contributed by atoms with E-state index in [4.69, 9.17) is 0 Å². The van der Waals surface area contributed by atoms with Crippen LogP contribution in [0.15, 0.2) is 84.9 Å². The number of urea groups is 1. The molecule has 0 aliphatic rings. The average molecular weight is 447 g/mol. The predicted molar refractivity (Wildman–Crippen MR) is 128 cm³/mol. The third-order valence-corrected chi connectivity index (χ3v) is 4.88. The van der Waals surface area contributed by atoms with Crippen molar-refractivity contribution < 1.29 is 19.5 Å². The van der Waals surface area contributed by atoms with Crippen molar-refractivity contribution in [2.45, 2.75) is 19.6 Å². The predicted octanol–water partition coefficient (Wildman–Crippen LogP) is 3.36. The normalized spacial score (nSPS) is 11.2. The molecule has 0 fully saturated rings. The van der Waals surface area contributed by atoms with Crippen LogP contribution in [-0.4, -0.2) is 35.5 Å². The van der Waals surface area contributed by atoms with Crippen molar-refractivity contribution in [2.24, 2.45) is 0 Å². The van der Waals surface area contributed by atoms with Crippen molar-refractivity contribution in [1.82, 2.24) is 5.32 Å². The minimum atomic E-state index is -0.828. The van der Waals surface area contributed by atoms with Crippen LogP contribution in [-0.2, 0) is 16.2 Å². The Morgan fingerprint density at radius 1 is 0.848 bits per heavy atom. The smallest absolute Gasteiger partial charge is 0.319 e. The fourth-order valence-corrected chi connectivity index (χ4v) is 3.22. The second-order valence-electron chi connectivity index (χ2n) is 7.30. The standard InChI is InChI=1S/C25H26N4O4/c1-18(24(32)27-20-10-4-2-5-11-20)29(22-13-6-3-7-14-22)23(31)16-26-25(33)28-21-12-8-9-19(15-21)17-30/h2-15,18,30H,16-17H2,1H3,(H,27,32)(H2,26,28,33). The van der Waals surface area contributed by atoms with E-state index in [-0.39, 0.29) is 19.1 Å². The zero-order valence-electron chi connectivity index (χ0n) is 18.2. The Morgan fingerprint density at radius 3 is 2.15 bits per heavy atom. The lowest BCUT2D eigenvalue weighted by Gasteiger charge is -2.28. The van der Waals surface area contributed by atoms with Crippen LogP contribution >= 0.6 is 0 Å². The molecule has 33 heavy (non-hydrogen) atoms. The first-order valence-electron chi connectivity index (χ1n) is 10.5. The van der Waals surface area contributed by atoms with Crippen molar-refractivity contribution in [3.63, 3.8) is 0 Å². The van der Waals surface area contributed by atoms with Gasteiger partial charge in [0.25, 0.3) is 0 Å². The van der Waals surface area contributed by atoms with Gasteiger partial charge >= 0.3 is 6.03 Å². The van der Waals surface area contributed by atoms with Crippen molar-refractivity contribution >= 4 is 34.9 Å². The summed E-state index contributed by atoms with van der Waals surface area (Å²) in [5.41, 5.74) is 2.30. The molecule has 0 saturated heterocycles. The third-order valence-electron chi connectivity index (χ3n) is 4.88. The second kappa shape index (κ2) is 11.4. The number of aliphatic hydroxyl groups excluding tert-OH is 1. The van der Waals surface area contributed by atoms with Crippen LogP contribution in [0.3, 0.4) is 0 Å². The molecule has 3 aromatic carbocycles. The molecule has 0 bridgehead atoms. The van der Waals surface area contributed by atoms with Crippen LogP contribution in [0, 0.1) is 0 Å². The third kappa shape index (κ3) is 6.65. The molecular weight excluding hydrogens is 420 g/mol. The molecule has 0 aliphatic heterocycles. The maximum absolute atomic E-state index is 13.1. The molecule has 4 N–H and O–H groups in total. The van der Waals surface area contributed by atoms with Gasteiger partial charge in [-0.3, -0.25) is 14.5 Å². The monoisotopic (exact) mass is 446 g/mol. The number of anilines is 3. The van der Waals surface area contributed by atoms with Gasteiger partial charge in [0.2, 0.25) is 11.8 Å². The number of para-hydroxylation sites is 2. The van der Waals surface area contributed by atoms with Gasteiger partial charge in [-0.25, -0.2) is 4.79 Å². The van der Waals surface area contributed by atoms with Gasteiger partial charge in [-0.1, -0.05) is 48.5 Å². The molecule has 0 aromatic heterocycles. The lowest BCUT2D eigenvalue weighted by Crippen LogP contribution is -2.50. The van der Waals surface area contributed by atoms with E-state index in [0.29, 0.717) is 22.6 Å². The first-order chi connectivity index (χ1) is 16.0. The number of nitrogens with one attached hydrogen (secondary N) is 3. The number of benzene rings is 3. The minimum Gasteiger partial charge on any atom is -0.392 e. The number of nitrogens with zero attached hydrogens (tertiary/aromatic N) is 1. The molecule has 4 amide bonds. The highest BCUT2D eigenvalue weighted by molar-refractivity contribution is 6.06. The lowest BCUT2D eigenvalue weighted by molar-refractivity contribution is -0.122. The van der Waals surface area contributed by atoms with Crippen LogP contribution in [0.4, 0.5) is 21.9 Å². The summed E-state index contributed by atoms with van der Waals surface area (Å²) in [5.74, 6) is -0.806. The van der Waals surface area contributed by atoms with E-state index >= 15 is 0 Å². The number of hydrogen-bond donors (Lipinski definition) is 4. The fourth-order valence-electron chi connectivity index (χ4n) is 3.22. The van der Waals surface area contributed by atoms with Crippen LogP contribution in [0.25, 0.3) is 0 Å². The second-order valence-corrected chi connectivity index (χ2v) is 7.30. The van der Waals surface area contributed by atoms with Crippen molar-refractivity contribution in [2.75, 3.05) is 22.1 Å². The number of hydrogen-bond acceptors (Lipinski definition) is 4. The summed E-state index contributed by atoms with van der Waals surface area (Å²) in [7, 11) is 0. The van der Waals surface area contributed by atoms with E-state index in [1.54, 1.807) is 79.7 Å². The first-order valence-corrected chi connectivity index (χ1v) is 10.5. The molecule has 0 saturated carbocycles. The Bertz CT molecular complexity index is 1090. The molecule has 0 spiro atoms. The van der Waals surface area contributed by atoms with Gasteiger partial charge < -0.3 is 21.1 Å². The highest BCUT2D eigenvalue weighted by Crippen LogP contribution is 2.18. The summed E-state index contributed by atoms with van der Waals surface area (Å²) in [6, 6.07) is 23.1. The lowest BCUT2D eigenvalue weighted by atomic mass is 10.2. The van der Waals surface area contributed by atoms with Gasteiger partial charge in [0.05, 0.1) is 13.2 Å². The van der Waals surface area contributed by atoms with E-state index in [9.17, 15) is 19.5 Å².